The van der Waals surface area contributed by atoms with Gasteiger partial charge in [0.05, 0.1) is 11.1 Å². The summed E-state index contributed by atoms with van der Waals surface area (Å²) in [6, 6.07) is 10.3. The summed E-state index contributed by atoms with van der Waals surface area (Å²) in [6.45, 7) is 2.80. The Labute approximate surface area is 134 Å². The van der Waals surface area contributed by atoms with Crippen LogP contribution in [0.5, 0.6) is 0 Å². The Hall–Kier alpha value is -2.49. The second-order valence-electron chi connectivity index (χ2n) is 5.66. The summed E-state index contributed by atoms with van der Waals surface area (Å²) < 4.78 is 16.1. The molecule has 0 atom stereocenters. The van der Waals surface area contributed by atoms with E-state index in [4.69, 9.17) is 0 Å². The third-order valence-corrected chi connectivity index (χ3v) is 4.01. The fraction of sp³-hybridized carbons (Fsp3) is 0.263. The van der Waals surface area contributed by atoms with Gasteiger partial charge in [0, 0.05) is 24.5 Å². The van der Waals surface area contributed by atoms with Crippen LogP contribution in [0.15, 0.2) is 53.6 Å². The maximum Gasteiger partial charge on any atom is 0.258 e. The average Bonchev–Trinajstić information content (AvgIpc) is 2.58. The van der Waals surface area contributed by atoms with Gasteiger partial charge < -0.3 is 4.57 Å². The quantitative estimate of drug-likeness (QED) is 0.655. The van der Waals surface area contributed by atoms with Crippen LogP contribution in [0.25, 0.3) is 22.0 Å². The zero-order chi connectivity index (χ0) is 16.2. The van der Waals surface area contributed by atoms with Gasteiger partial charge in [-0.15, -0.1) is 0 Å². The molecule has 1 aromatic carbocycles. The summed E-state index contributed by atoms with van der Waals surface area (Å²) in [4.78, 5) is 16.7. The lowest BCUT2D eigenvalue weighted by molar-refractivity contribution is 0.590. The van der Waals surface area contributed by atoms with Crippen molar-refractivity contribution >= 4 is 10.8 Å². The van der Waals surface area contributed by atoms with E-state index in [2.05, 4.69) is 11.9 Å². The van der Waals surface area contributed by atoms with Crippen LogP contribution in [-0.2, 0) is 6.54 Å². The molecule has 118 valence electrons. The molecule has 0 fully saturated rings. The van der Waals surface area contributed by atoms with Crippen molar-refractivity contribution in [3.05, 3.63) is 65.0 Å². The minimum absolute atomic E-state index is 0.134. The van der Waals surface area contributed by atoms with E-state index < -0.39 is 5.82 Å². The van der Waals surface area contributed by atoms with Crippen molar-refractivity contribution in [1.82, 2.24) is 9.55 Å². The van der Waals surface area contributed by atoms with Gasteiger partial charge >= 0.3 is 0 Å². The van der Waals surface area contributed by atoms with Gasteiger partial charge in [0.2, 0.25) is 0 Å². The average molecular weight is 310 g/mol. The van der Waals surface area contributed by atoms with Crippen LogP contribution in [0, 0.1) is 5.82 Å². The SMILES string of the molecule is CCCCCn1ccc2cc(-c3ccccn3)c(F)cc2c1=O. The first kappa shape index (κ1) is 15.4. The van der Waals surface area contributed by atoms with E-state index in [1.165, 1.54) is 6.07 Å². The molecule has 0 unspecified atom stereocenters. The number of nitrogens with zero attached hydrogens (tertiary/aromatic N) is 2. The molecular formula is C19H19FN2O. The number of aromatic nitrogens is 2. The third-order valence-electron chi connectivity index (χ3n) is 4.01. The highest BCUT2D eigenvalue weighted by Crippen LogP contribution is 2.24. The Bertz CT molecular complexity index is 872. The third kappa shape index (κ3) is 3.16. The topological polar surface area (TPSA) is 34.9 Å². The second-order valence-corrected chi connectivity index (χ2v) is 5.66. The van der Waals surface area contributed by atoms with Gasteiger partial charge in [-0.2, -0.15) is 0 Å². The lowest BCUT2D eigenvalue weighted by atomic mass is 10.0. The highest BCUT2D eigenvalue weighted by molar-refractivity contribution is 5.86. The minimum atomic E-state index is -0.417. The van der Waals surface area contributed by atoms with Crippen molar-refractivity contribution in [3.8, 4) is 11.3 Å². The van der Waals surface area contributed by atoms with Crippen LogP contribution in [0.1, 0.15) is 26.2 Å². The van der Waals surface area contributed by atoms with Crippen molar-refractivity contribution in [2.75, 3.05) is 0 Å². The Morgan fingerprint density at radius 3 is 2.78 bits per heavy atom. The van der Waals surface area contributed by atoms with E-state index in [0.29, 0.717) is 23.2 Å². The number of hydrogen-bond acceptors (Lipinski definition) is 2. The van der Waals surface area contributed by atoms with E-state index in [-0.39, 0.29) is 5.56 Å². The molecule has 0 saturated carbocycles. The molecule has 0 N–H and O–H groups in total. The number of fused-ring (bicyclic) bond motifs is 1. The first-order valence-corrected chi connectivity index (χ1v) is 7.95. The van der Waals surface area contributed by atoms with Crippen LogP contribution in [0.2, 0.25) is 0 Å². The maximum absolute atomic E-state index is 14.4. The fourth-order valence-electron chi connectivity index (χ4n) is 2.73. The Kier molecular flexibility index (Phi) is 4.51. The highest BCUT2D eigenvalue weighted by atomic mass is 19.1. The summed E-state index contributed by atoms with van der Waals surface area (Å²) in [5.74, 6) is -0.417. The number of aryl methyl sites for hydroxylation is 1. The zero-order valence-corrected chi connectivity index (χ0v) is 13.1. The molecule has 2 heterocycles. The molecule has 3 nitrogen and oxygen atoms in total. The lowest BCUT2D eigenvalue weighted by Gasteiger charge is -2.09. The molecule has 0 aliphatic rings. The number of pyridine rings is 2. The molecule has 0 aliphatic heterocycles. The maximum atomic E-state index is 14.4. The predicted octanol–water partition coefficient (Wildman–Crippen LogP) is 4.39. The first-order chi connectivity index (χ1) is 11.2. The molecule has 3 aromatic rings. The van der Waals surface area contributed by atoms with Crippen LogP contribution in [0.4, 0.5) is 4.39 Å². The summed E-state index contributed by atoms with van der Waals surface area (Å²) in [6.07, 6.45) is 6.56. The van der Waals surface area contributed by atoms with Crippen molar-refractivity contribution in [1.29, 1.82) is 0 Å². The summed E-state index contributed by atoms with van der Waals surface area (Å²) in [5, 5.41) is 1.16. The molecule has 0 amide bonds. The van der Waals surface area contributed by atoms with Crippen LogP contribution < -0.4 is 5.56 Å². The number of unbranched alkanes of at least 4 members (excludes halogenated alkanes) is 2. The smallest absolute Gasteiger partial charge is 0.258 e. The fourth-order valence-corrected chi connectivity index (χ4v) is 2.73. The molecular weight excluding hydrogens is 291 g/mol. The molecule has 3 rings (SSSR count). The molecule has 4 heteroatoms. The monoisotopic (exact) mass is 310 g/mol. The van der Waals surface area contributed by atoms with Gasteiger partial charge in [-0.3, -0.25) is 9.78 Å². The van der Waals surface area contributed by atoms with Gasteiger partial charge in [-0.25, -0.2) is 4.39 Å². The molecule has 23 heavy (non-hydrogen) atoms. The molecule has 0 radical (unpaired) electrons. The lowest BCUT2D eigenvalue weighted by Crippen LogP contribution is -2.19. The van der Waals surface area contributed by atoms with E-state index in [1.807, 2.05) is 12.1 Å². The molecule has 2 aromatic heterocycles. The van der Waals surface area contributed by atoms with E-state index in [9.17, 15) is 9.18 Å². The zero-order valence-electron chi connectivity index (χ0n) is 13.1. The molecule has 0 saturated heterocycles. The molecule has 0 spiro atoms. The normalized spacial score (nSPS) is 11.0. The van der Waals surface area contributed by atoms with Crippen molar-refractivity contribution in [2.45, 2.75) is 32.7 Å². The predicted molar refractivity (Wildman–Crippen MR) is 90.9 cm³/mol. The first-order valence-electron chi connectivity index (χ1n) is 7.95. The van der Waals surface area contributed by atoms with Crippen LogP contribution in [-0.4, -0.2) is 9.55 Å². The second kappa shape index (κ2) is 6.73. The van der Waals surface area contributed by atoms with Crippen molar-refractivity contribution < 1.29 is 4.39 Å². The molecule has 0 aliphatic carbocycles. The van der Waals surface area contributed by atoms with E-state index in [1.54, 1.807) is 35.2 Å². The standard InChI is InChI=1S/C19H19FN2O/c1-2-3-6-10-22-11-8-14-12-16(18-7-4-5-9-21-18)17(20)13-15(14)19(22)23/h4-5,7-9,11-13H,2-3,6,10H2,1H3. The van der Waals surface area contributed by atoms with Gasteiger partial charge in [-0.1, -0.05) is 25.8 Å². The Morgan fingerprint density at radius 2 is 2.04 bits per heavy atom. The van der Waals surface area contributed by atoms with E-state index >= 15 is 0 Å². The van der Waals surface area contributed by atoms with E-state index in [0.717, 1.165) is 24.6 Å². The summed E-state index contributed by atoms with van der Waals surface area (Å²) in [5.41, 5.74) is 0.852. The van der Waals surface area contributed by atoms with Crippen molar-refractivity contribution in [2.24, 2.45) is 0 Å². The Morgan fingerprint density at radius 1 is 1.17 bits per heavy atom. The number of hydrogen-bond donors (Lipinski definition) is 0. The van der Waals surface area contributed by atoms with Gasteiger partial charge in [-0.05, 0) is 42.1 Å². The summed E-state index contributed by atoms with van der Waals surface area (Å²) >= 11 is 0. The van der Waals surface area contributed by atoms with Gasteiger partial charge in [0.1, 0.15) is 5.82 Å². The van der Waals surface area contributed by atoms with Crippen molar-refractivity contribution in [3.63, 3.8) is 0 Å². The Balaban J connectivity index is 2.05. The largest absolute Gasteiger partial charge is 0.315 e. The van der Waals surface area contributed by atoms with Gasteiger partial charge in [0.25, 0.3) is 5.56 Å². The van der Waals surface area contributed by atoms with Crippen LogP contribution >= 0.6 is 0 Å². The van der Waals surface area contributed by atoms with Gasteiger partial charge in [0.15, 0.2) is 0 Å². The number of halogens is 1. The number of rotatable bonds is 5. The highest BCUT2D eigenvalue weighted by Gasteiger charge is 2.11. The number of benzene rings is 1. The summed E-state index contributed by atoms with van der Waals surface area (Å²) in [7, 11) is 0. The minimum Gasteiger partial charge on any atom is -0.315 e. The molecule has 0 bridgehead atoms. The van der Waals surface area contributed by atoms with Crippen LogP contribution in [0.3, 0.4) is 0 Å².